The van der Waals surface area contributed by atoms with E-state index in [0.29, 0.717) is 18.3 Å². The van der Waals surface area contributed by atoms with Crippen LogP contribution in [0.15, 0.2) is 23.0 Å². The van der Waals surface area contributed by atoms with E-state index in [0.717, 1.165) is 11.4 Å². The summed E-state index contributed by atoms with van der Waals surface area (Å²) in [4.78, 5) is 12.1. The highest BCUT2D eigenvalue weighted by atomic mass is 16.1. The van der Waals surface area contributed by atoms with Gasteiger partial charge in [0.15, 0.2) is 0 Å². The van der Waals surface area contributed by atoms with Gasteiger partial charge in [0, 0.05) is 24.3 Å². The second-order valence-corrected chi connectivity index (χ2v) is 6.29. The largest absolute Gasteiger partial charge is 0.309 e. The molecule has 0 spiro atoms. The number of benzene rings is 1. The van der Waals surface area contributed by atoms with Gasteiger partial charge in [0.2, 0.25) is 5.43 Å². The van der Waals surface area contributed by atoms with Gasteiger partial charge in [-0.1, -0.05) is 31.5 Å². The highest BCUT2D eigenvalue weighted by Gasteiger charge is 2.12. The molecule has 118 valence electrons. The molecule has 0 aliphatic carbocycles. The Hall–Kier alpha value is -1.94. The molecule has 1 N–H and O–H groups in total. The first kappa shape index (κ1) is 16.4. The van der Waals surface area contributed by atoms with Gasteiger partial charge in [0.05, 0.1) is 5.69 Å². The van der Waals surface area contributed by atoms with Crippen molar-refractivity contribution in [3.05, 3.63) is 56.5 Å². The lowest BCUT2D eigenvalue weighted by atomic mass is 10.0. The Balaban J connectivity index is 2.56. The third kappa shape index (κ3) is 3.45. The molecule has 0 bridgehead atoms. The van der Waals surface area contributed by atoms with Gasteiger partial charge in [-0.3, -0.25) is 4.79 Å². The normalized spacial score (nSPS) is 11.2. The zero-order chi connectivity index (χ0) is 16.4. The number of nitrogens with one attached hydrogen (secondary N) is 1. The van der Waals surface area contributed by atoms with Crippen LogP contribution in [-0.2, 0) is 6.54 Å². The molecule has 0 saturated carbocycles. The molecule has 0 atom stereocenters. The van der Waals surface area contributed by atoms with E-state index >= 15 is 0 Å². The van der Waals surface area contributed by atoms with Crippen molar-refractivity contribution in [1.82, 2.24) is 15.1 Å². The molecule has 0 fully saturated rings. The van der Waals surface area contributed by atoms with Gasteiger partial charge in [-0.2, -0.15) is 5.10 Å². The molecule has 0 radical (unpaired) electrons. The van der Waals surface area contributed by atoms with Crippen LogP contribution in [-0.4, -0.2) is 15.8 Å². The lowest BCUT2D eigenvalue weighted by Crippen LogP contribution is -2.28. The van der Waals surface area contributed by atoms with Crippen molar-refractivity contribution in [3.8, 4) is 5.69 Å². The zero-order valence-corrected chi connectivity index (χ0v) is 14.3. The number of nitrogens with zero attached hydrogens (tertiary/aromatic N) is 2. The summed E-state index contributed by atoms with van der Waals surface area (Å²) in [5.41, 5.74) is 6.03. The summed E-state index contributed by atoms with van der Waals surface area (Å²) < 4.78 is 1.89. The monoisotopic (exact) mass is 299 g/mol. The van der Waals surface area contributed by atoms with Crippen molar-refractivity contribution in [2.45, 2.75) is 54.1 Å². The molecule has 0 aliphatic rings. The van der Waals surface area contributed by atoms with E-state index in [1.54, 1.807) is 6.07 Å². The quantitative estimate of drug-likeness (QED) is 0.944. The van der Waals surface area contributed by atoms with E-state index in [1.807, 2.05) is 11.6 Å². The third-order valence-corrected chi connectivity index (χ3v) is 3.70. The minimum Gasteiger partial charge on any atom is -0.309 e. The van der Waals surface area contributed by atoms with Crippen molar-refractivity contribution >= 4 is 0 Å². The van der Waals surface area contributed by atoms with E-state index in [1.165, 1.54) is 16.7 Å². The average molecular weight is 299 g/mol. The Morgan fingerprint density at radius 1 is 1.09 bits per heavy atom. The molecule has 0 aliphatic heterocycles. The van der Waals surface area contributed by atoms with E-state index in [9.17, 15) is 4.79 Å². The van der Waals surface area contributed by atoms with E-state index in [-0.39, 0.29) is 5.43 Å². The van der Waals surface area contributed by atoms with Crippen molar-refractivity contribution in [2.24, 2.45) is 0 Å². The van der Waals surface area contributed by atoms with Crippen molar-refractivity contribution in [1.29, 1.82) is 0 Å². The van der Waals surface area contributed by atoms with Gasteiger partial charge < -0.3 is 5.32 Å². The summed E-state index contributed by atoms with van der Waals surface area (Å²) in [6.07, 6.45) is 0. The van der Waals surface area contributed by atoms with Crippen LogP contribution in [0.4, 0.5) is 0 Å². The van der Waals surface area contributed by atoms with Crippen LogP contribution in [0.2, 0.25) is 0 Å². The topological polar surface area (TPSA) is 46.9 Å². The molecule has 0 unspecified atom stereocenters. The van der Waals surface area contributed by atoms with Crippen molar-refractivity contribution in [2.75, 3.05) is 0 Å². The number of aryl methyl sites for hydroxylation is 4. The molecule has 2 aromatic rings. The highest BCUT2D eigenvalue weighted by molar-refractivity contribution is 5.49. The first-order valence-electron chi connectivity index (χ1n) is 7.71. The third-order valence-electron chi connectivity index (χ3n) is 3.70. The Bertz CT molecular complexity index is 721. The van der Waals surface area contributed by atoms with Crippen molar-refractivity contribution < 1.29 is 0 Å². The maximum absolute atomic E-state index is 12.1. The van der Waals surface area contributed by atoms with E-state index in [2.05, 4.69) is 57.2 Å². The van der Waals surface area contributed by atoms with Gasteiger partial charge in [0.25, 0.3) is 0 Å². The Morgan fingerprint density at radius 2 is 1.68 bits per heavy atom. The Morgan fingerprint density at radius 3 is 2.23 bits per heavy atom. The van der Waals surface area contributed by atoms with Crippen LogP contribution in [0.3, 0.4) is 0 Å². The SMILES string of the molecule is Cc1cc(C)c(-n2nc(CNC(C)C)c(=O)cc2C)c(C)c1. The standard InChI is InChI=1S/C18H25N3O/c1-11(2)19-10-16-17(22)9-15(6)21(20-16)18-13(4)7-12(3)8-14(18)5/h7-9,11,19H,10H2,1-6H3. The van der Waals surface area contributed by atoms with Crippen LogP contribution < -0.4 is 10.7 Å². The smallest absolute Gasteiger partial charge is 0.204 e. The number of hydrogen-bond donors (Lipinski definition) is 1. The molecule has 2 rings (SSSR count). The molecule has 1 aromatic heterocycles. The van der Waals surface area contributed by atoms with Crippen LogP contribution in [0, 0.1) is 27.7 Å². The molecule has 0 saturated heterocycles. The molecule has 1 aromatic carbocycles. The molecular weight excluding hydrogens is 274 g/mol. The van der Waals surface area contributed by atoms with Crippen molar-refractivity contribution in [3.63, 3.8) is 0 Å². The minimum atomic E-state index is -0.00989. The van der Waals surface area contributed by atoms with E-state index < -0.39 is 0 Å². The first-order valence-corrected chi connectivity index (χ1v) is 7.71. The maximum atomic E-state index is 12.1. The number of hydrogen-bond acceptors (Lipinski definition) is 3. The predicted molar refractivity (Wildman–Crippen MR) is 90.8 cm³/mol. The van der Waals surface area contributed by atoms with Gasteiger partial charge in [-0.05, 0) is 38.8 Å². The van der Waals surface area contributed by atoms with Gasteiger partial charge in [0.1, 0.15) is 5.69 Å². The predicted octanol–water partition coefficient (Wildman–Crippen LogP) is 2.96. The Labute approximate surface area is 132 Å². The fourth-order valence-electron chi connectivity index (χ4n) is 2.74. The summed E-state index contributed by atoms with van der Waals surface area (Å²) in [5.74, 6) is 0. The summed E-state index contributed by atoms with van der Waals surface area (Å²) in [7, 11) is 0. The average Bonchev–Trinajstić information content (AvgIpc) is 2.38. The molecule has 0 amide bonds. The fourth-order valence-corrected chi connectivity index (χ4v) is 2.74. The van der Waals surface area contributed by atoms with Crippen LogP contribution in [0.25, 0.3) is 5.69 Å². The number of aromatic nitrogens is 2. The molecular formula is C18H25N3O. The summed E-state index contributed by atoms with van der Waals surface area (Å²) in [6.45, 7) is 12.8. The second kappa shape index (κ2) is 6.44. The molecule has 4 heteroatoms. The Kier molecular flexibility index (Phi) is 4.81. The maximum Gasteiger partial charge on any atom is 0.204 e. The summed E-state index contributed by atoms with van der Waals surface area (Å²) in [5, 5.41) is 7.87. The lowest BCUT2D eigenvalue weighted by Gasteiger charge is -2.17. The zero-order valence-electron chi connectivity index (χ0n) is 14.3. The van der Waals surface area contributed by atoms with Gasteiger partial charge >= 0.3 is 0 Å². The first-order chi connectivity index (χ1) is 10.3. The van der Waals surface area contributed by atoms with Gasteiger partial charge in [-0.15, -0.1) is 0 Å². The van der Waals surface area contributed by atoms with E-state index in [4.69, 9.17) is 0 Å². The molecule has 1 heterocycles. The molecule has 22 heavy (non-hydrogen) atoms. The molecule has 4 nitrogen and oxygen atoms in total. The lowest BCUT2D eigenvalue weighted by molar-refractivity contribution is 0.568. The van der Waals surface area contributed by atoms with Crippen LogP contribution >= 0.6 is 0 Å². The minimum absolute atomic E-state index is 0.00989. The fraction of sp³-hybridized carbons (Fsp3) is 0.444. The number of rotatable bonds is 4. The summed E-state index contributed by atoms with van der Waals surface area (Å²) in [6, 6.07) is 6.28. The van der Waals surface area contributed by atoms with Crippen LogP contribution in [0.5, 0.6) is 0 Å². The summed E-state index contributed by atoms with van der Waals surface area (Å²) >= 11 is 0. The van der Waals surface area contributed by atoms with Crippen LogP contribution in [0.1, 0.15) is 41.9 Å². The highest BCUT2D eigenvalue weighted by Crippen LogP contribution is 2.21. The second-order valence-electron chi connectivity index (χ2n) is 6.29. The van der Waals surface area contributed by atoms with Gasteiger partial charge in [-0.25, -0.2) is 4.68 Å².